The number of aliphatic hydroxyl groups is 1. The Balaban J connectivity index is 3.52. The maximum atomic E-state index is 9.20. The number of hydrogen-bond acceptors (Lipinski definition) is 2. The van der Waals surface area contributed by atoms with E-state index in [1.54, 1.807) is 6.92 Å². The lowest BCUT2D eigenvalue weighted by atomic mass is 10.2. The molecule has 0 fully saturated rings. The maximum absolute atomic E-state index is 9.20. The zero-order valence-corrected chi connectivity index (χ0v) is 8.00. The molecular weight excluding hydrogens is 140 g/mol. The number of aliphatic hydroxyl groups excluding tert-OH is 1. The Labute approximate surface area is 69.6 Å². The first-order valence-corrected chi connectivity index (χ1v) is 4.37. The topological polar surface area (TPSA) is 29.5 Å². The summed E-state index contributed by atoms with van der Waals surface area (Å²) in [4.78, 5) is 0. The van der Waals surface area contributed by atoms with Crippen molar-refractivity contribution in [1.29, 1.82) is 0 Å². The van der Waals surface area contributed by atoms with Crippen LogP contribution in [0.5, 0.6) is 0 Å². The van der Waals surface area contributed by atoms with Crippen LogP contribution < -0.4 is 0 Å². The molecule has 2 nitrogen and oxygen atoms in total. The highest BCUT2D eigenvalue weighted by atomic mass is 16.5. The fourth-order valence-corrected chi connectivity index (χ4v) is 0.914. The van der Waals surface area contributed by atoms with Gasteiger partial charge >= 0.3 is 0 Å². The van der Waals surface area contributed by atoms with Crippen LogP contribution in [0.15, 0.2) is 0 Å². The van der Waals surface area contributed by atoms with Crippen molar-refractivity contribution in [3.63, 3.8) is 0 Å². The van der Waals surface area contributed by atoms with Crippen molar-refractivity contribution < 1.29 is 9.84 Å². The monoisotopic (exact) mass is 160 g/mol. The molecule has 0 radical (unpaired) electrons. The van der Waals surface area contributed by atoms with Crippen LogP contribution in [0.1, 0.15) is 34.1 Å². The molecule has 1 N–H and O–H groups in total. The summed E-state index contributed by atoms with van der Waals surface area (Å²) in [5.41, 5.74) is 0. The molecule has 0 bridgehead atoms. The van der Waals surface area contributed by atoms with Gasteiger partial charge in [0.05, 0.1) is 12.2 Å². The van der Waals surface area contributed by atoms with Crippen molar-refractivity contribution in [1.82, 2.24) is 0 Å². The molecule has 2 atom stereocenters. The molecule has 0 saturated heterocycles. The molecule has 0 amide bonds. The summed E-state index contributed by atoms with van der Waals surface area (Å²) in [6.45, 7) is 8.75. The van der Waals surface area contributed by atoms with Crippen LogP contribution in [-0.4, -0.2) is 23.9 Å². The van der Waals surface area contributed by atoms with Gasteiger partial charge in [-0.1, -0.05) is 20.8 Å². The van der Waals surface area contributed by atoms with Crippen LogP contribution in [0.3, 0.4) is 0 Å². The van der Waals surface area contributed by atoms with Crippen molar-refractivity contribution in [3.8, 4) is 0 Å². The van der Waals surface area contributed by atoms with Crippen LogP contribution in [0, 0.1) is 5.92 Å². The van der Waals surface area contributed by atoms with Gasteiger partial charge in [-0.3, -0.25) is 0 Å². The highest BCUT2D eigenvalue weighted by molar-refractivity contribution is 4.62. The second-order valence-electron chi connectivity index (χ2n) is 3.41. The van der Waals surface area contributed by atoms with Crippen LogP contribution in [0.4, 0.5) is 0 Å². The van der Waals surface area contributed by atoms with Gasteiger partial charge in [-0.15, -0.1) is 0 Å². The van der Waals surface area contributed by atoms with Crippen molar-refractivity contribution in [2.45, 2.75) is 46.3 Å². The lowest BCUT2D eigenvalue weighted by Gasteiger charge is -2.19. The largest absolute Gasteiger partial charge is 0.391 e. The van der Waals surface area contributed by atoms with Crippen molar-refractivity contribution >= 4 is 0 Å². The van der Waals surface area contributed by atoms with Crippen LogP contribution >= 0.6 is 0 Å². The molecule has 0 spiro atoms. The lowest BCUT2D eigenvalue weighted by Crippen LogP contribution is -2.26. The first-order valence-electron chi connectivity index (χ1n) is 4.37. The molecule has 0 rings (SSSR count). The van der Waals surface area contributed by atoms with Crippen LogP contribution in [0.2, 0.25) is 0 Å². The molecule has 0 aromatic rings. The smallest absolute Gasteiger partial charge is 0.0828 e. The third kappa shape index (κ3) is 5.22. The zero-order valence-electron chi connectivity index (χ0n) is 8.00. The third-order valence-corrected chi connectivity index (χ3v) is 1.58. The summed E-state index contributed by atoms with van der Waals surface area (Å²) in [6, 6.07) is 0. The molecule has 2 unspecified atom stereocenters. The van der Waals surface area contributed by atoms with E-state index in [2.05, 4.69) is 13.8 Å². The number of hydrogen-bond donors (Lipinski definition) is 1. The predicted molar refractivity (Wildman–Crippen MR) is 46.5 cm³/mol. The minimum atomic E-state index is -0.348. The van der Waals surface area contributed by atoms with Gasteiger partial charge in [-0.2, -0.15) is 0 Å². The molecule has 0 aliphatic heterocycles. The molecule has 0 saturated carbocycles. The molecule has 0 heterocycles. The van der Waals surface area contributed by atoms with E-state index in [1.807, 2.05) is 6.92 Å². The lowest BCUT2D eigenvalue weighted by molar-refractivity contribution is -0.0401. The molecular formula is C9H20O2. The Morgan fingerprint density at radius 1 is 1.27 bits per heavy atom. The normalized spacial score (nSPS) is 16.9. The molecule has 0 aliphatic carbocycles. The second kappa shape index (κ2) is 5.56. The first kappa shape index (κ1) is 10.9. The van der Waals surface area contributed by atoms with E-state index in [-0.39, 0.29) is 12.2 Å². The van der Waals surface area contributed by atoms with Crippen LogP contribution in [-0.2, 0) is 4.74 Å². The Kier molecular flexibility index (Phi) is 5.51. The van der Waals surface area contributed by atoms with Gasteiger partial charge in [-0.05, 0) is 19.3 Å². The number of rotatable bonds is 5. The van der Waals surface area contributed by atoms with Gasteiger partial charge in [0.2, 0.25) is 0 Å². The fraction of sp³-hybridized carbons (Fsp3) is 1.00. The highest BCUT2D eigenvalue weighted by Crippen LogP contribution is 2.05. The number of ether oxygens (including phenoxy) is 1. The predicted octanol–water partition coefficient (Wildman–Crippen LogP) is 1.82. The molecule has 11 heavy (non-hydrogen) atoms. The van der Waals surface area contributed by atoms with Crippen LogP contribution in [0.25, 0.3) is 0 Å². The quantitative estimate of drug-likeness (QED) is 0.664. The van der Waals surface area contributed by atoms with Gasteiger partial charge in [-0.25, -0.2) is 0 Å². The summed E-state index contributed by atoms with van der Waals surface area (Å²) in [7, 11) is 0. The van der Waals surface area contributed by atoms with Crippen molar-refractivity contribution in [2.75, 3.05) is 6.61 Å². The fourth-order valence-electron chi connectivity index (χ4n) is 0.914. The molecule has 68 valence electrons. The molecule has 0 aliphatic rings. The van der Waals surface area contributed by atoms with Gasteiger partial charge in [0.25, 0.3) is 0 Å². The average molecular weight is 160 g/mol. The Morgan fingerprint density at radius 3 is 2.09 bits per heavy atom. The molecule has 0 aromatic carbocycles. The van der Waals surface area contributed by atoms with E-state index >= 15 is 0 Å². The average Bonchev–Trinajstić information content (AvgIpc) is 1.87. The van der Waals surface area contributed by atoms with E-state index in [1.165, 1.54) is 0 Å². The maximum Gasteiger partial charge on any atom is 0.0828 e. The molecule has 2 heteroatoms. The van der Waals surface area contributed by atoms with E-state index in [0.717, 1.165) is 13.0 Å². The highest BCUT2D eigenvalue weighted by Gasteiger charge is 2.12. The minimum absolute atomic E-state index is 0.0115. The first-order chi connectivity index (χ1) is 5.07. The Morgan fingerprint density at radius 2 is 1.82 bits per heavy atom. The Hall–Kier alpha value is -0.0800. The third-order valence-electron chi connectivity index (χ3n) is 1.58. The summed E-state index contributed by atoms with van der Waals surface area (Å²) in [5.74, 6) is 0.544. The van der Waals surface area contributed by atoms with E-state index in [9.17, 15) is 5.11 Å². The van der Waals surface area contributed by atoms with Gasteiger partial charge < -0.3 is 9.84 Å². The summed E-state index contributed by atoms with van der Waals surface area (Å²) in [6.07, 6.45) is 0.542. The molecule has 0 aromatic heterocycles. The summed E-state index contributed by atoms with van der Waals surface area (Å²) >= 11 is 0. The van der Waals surface area contributed by atoms with E-state index in [4.69, 9.17) is 4.74 Å². The van der Waals surface area contributed by atoms with Crippen molar-refractivity contribution in [3.05, 3.63) is 0 Å². The van der Waals surface area contributed by atoms with E-state index in [0.29, 0.717) is 5.92 Å². The van der Waals surface area contributed by atoms with Gasteiger partial charge in [0.15, 0.2) is 0 Å². The summed E-state index contributed by atoms with van der Waals surface area (Å²) in [5, 5.41) is 9.20. The second-order valence-corrected chi connectivity index (χ2v) is 3.41. The zero-order chi connectivity index (χ0) is 8.85. The van der Waals surface area contributed by atoms with Gasteiger partial charge in [0.1, 0.15) is 0 Å². The summed E-state index contributed by atoms with van der Waals surface area (Å²) < 4.78 is 5.46. The SMILES string of the molecule is CCC(OCC(C)C)C(C)O. The minimum Gasteiger partial charge on any atom is -0.391 e. The van der Waals surface area contributed by atoms with Gasteiger partial charge in [0, 0.05) is 6.61 Å². The van der Waals surface area contributed by atoms with Crippen molar-refractivity contribution in [2.24, 2.45) is 5.92 Å². The Bertz CT molecular complexity index is 89.6. The van der Waals surface area contributed by atoms with E-state index < -0.39 is 0 Å². The standard InChI is InChI=1S/C9H20O2/c1-5-9(8(4)10)11-6-7(2)3/h7-10H,5-6H2,1-4H3.